The first-order valence-electron chi connectivity index (χ1n) is 8.83. The Morgan fingerprint density at radius 2 is 1.79 bits per heavy atom. The average molecular weight is 383 g/mol. The van der Waals surface area contributed by atoms with Crippen molar-refractivity contribution in [2.45, 2.75) is 0 Å². The van der Waals surface area contributed by atoms with Crippen LogP contribution < -0.4 is 10.1 Å². The van der Waals surface area contributed by atoms with E-state index in [0.29, 0.717) is 11.4 Å². The lowest BCUT2D eigenvalue weighted by Crippen LogP contribution is -2.20. The lowest BCUT2D eigenvalue weighted by atomic mass is 10.1. The SMILES string of the molecule is O=C(COc1ccc2ccccc2c1)Nc1cccc(C#Cc2cccs2)c1. The maximum Gasteiger partial charge on any atom is 0.262 e. The number of nitrogens with one attached hydrogen (secondary N) is 1. The van der Waals surface area contributed by atoms with E-state index in [1.54, 1.807) is 11.3 Å². The fraction of sp³-hybridized carbons (Fsp3) is 0.0417. The van der Waals surface area contributed by atoms with Crippen molar-refractivity contribution < 1.29 is 9.53 Å². The number of fused-ring (bicyclic) bond motifs is 1. The van der Waals surface area contributed by atoms with Crippen molar-refractivity contribution in [2.24, 2.45) is 0 Å². The smallest absolute Gasteiger partial charge is 0.262 e. The summed E-state index contributed by atoms with van der Waals surface area (Å²) in [4.78, 5) is 13.2. The Bertz CT molecular complexity index is 1170. The molecule has 136 valence electrons. The number of rotatable bonds is 4. The molecule has 0 atom stereocenters. The number of carbonyl (C=O) groups is 1. The number of amides is 1. The molecule has 0 radical (unpaired) electrons. The second-order valence-corrected chi connectivity index (χ2v) is 7.10. The number of ether oxygens (including phenoxy) is 1. The van der Waals surface area contributed by atoms with E-state index in [4.69, 9.17) is 4.74 Å². The van der Waals surface area contributed by atoms with Crippen LogP contribution in [0.5, 0.6) is 5.75 Å². The van der Waals surface area contributed by atoms with Gasteiger partial charge in [-0.3, -0.25) is 4.79 Å². The summed E-state index contributed by atoms with van der Waals surface area (Å²) in [6.07, 6.45) is 0. The molecule has 0 aliphatic rings. The van der Waals surface area contributed by atoms with Gasteiger partial charge in [0.15, 0.2) is 6.61 Å². The Labute approximate surface area is 167 Å². The summed E-state index contributed by atoms with van der Waals surface area (Å²) in [6, 6.07) is 25.3. The molecule has 4 heteroatoms. The molecule has 0 spiro atoms. The number of anilines is 1. The second-order valence-electron chi connectivity index (χ2n) is 6.15. The molecular weight excluding hydrogens is 366 g/mol. The summed E-state index contributed by atoms with van der Waals surface area (Å²) < 4.78 is 5.64. The first-order valence-corrected chi connectivity index (χ1v) is 9.71. The van der Waals surface area contributed by atoms with Gasteiger partial charge in [-0.1, -0.05) is 54.3 Å². The van der Waals surface area contributed by atoms with E-state index in [1.165, 1.54) is 0 Å². The van der Waals surface area contributed by atoms with Gasteiger partial charge >= 0.3 is 0 Å². The van der Waals surface area contributed by atoms with Crippen LogP contribution in [0.25, 0.3) is 10.8 Å². The monoisotopic (exact) mass is 383 g/mol. The number of hydrogen-bond donors (Lipinski definition) is 1. The standard InChI is InChI=1S/C24H17NO2S/c26-24(17-27-22-12-11-19-6-1-2-7-20(19)16-22)25-21-8-3-5-18(15-21)10-13-23-9-4-14-28-23/h1-9,11-12,14-16H,17H2,(H,25,26). The third kappa shape index (κ3) is 4.59. The van der Waals surface area contributed by atoms with Crippen molar-refractivity contribution in [3.05, 3.63) is 94.7 Å². The normalized spacial score (nSPS) is 10.1. The van der Waals surface area contributed by atoms with Gasteiger partial charge in [0, 0.05) is 11.3 Å². The predicted molar refractivity (Wildman–Crippen MR) is 115 cm³/mol. The molecule has 28 heavy (non-hydrogen) atoms. The molecule has 3 aromatic carbocycles. The molecule has 0 saturated heterocycles. The highest BCUT2D eigenvalue weighted by Gasteiger charge is 2.05. The van der Waals surface area contributed by atoms with E-state index in [0.717, 1.165) is 21.2 Å². The van der Waals surface area contributed by atoms with Crippen LogP contribution in [-0.4, -0.2) is 12.5 Å². The van der Waals surface area contributed by atoms with Gasteiger partial charge < -0.3 is 10.1 Å². The van der Waals surface area contributed by atoms with Crippen LogP contribution in [-0.2, 0) is 4.79 Å². The highest BCUT2D eigenvalue weighted by atomic mass is 32.1. The van der Waals surface area contributed by atoms with Crippen LogP contribution in [0.4, 0.5) is 5.69 Å². The summed E-state index contributed by atoms with van der Waals surface area (Å²) in [6.45, 7) is -0.0521. The molecule has 0 aliphatic carbocycles. The van der Waals surface area contributed by atoms with Crippen molar-refractivity contribution in [1.29, 1.82) is 0 Å². The third-order valence-electron chi connectivity index (χ3n) is 4.09. The van der Waals surface area contributed by atoms with Gasteiger partial charge in [-0.25, -0.2) is 0 Å². The Morgan fingerprint density at radius 1 is 0.893 bits per heavy atom. The first kappa shape index (κ1) is 17.8. The minimum Gasteiger partial charge on any atom is -0.484 e. The quantitative estimate of drug-likeness (QED) is 0.485. The van der Waals surface area contributed by atoms with Crippen LogP contribution >= 0.6 is 11.3 Å². The zero-order valence-corrected chi connectivity index (χ0v) is 15.8. The van der Waals surface area contributed by atoms with Gasteiger partial charge in [0.25, 0.3) is 5.91 Å². The largest absolute Gasteiger partial charge is 0.484 e. The van der Waals surface area contributed by atoms with Gasteiger partial charge in [0.1, 0.15) is 5.75 Å². The van der Waals surface area contributed by atoms with E-state index < -0.39 is 0 Å². The maximum absolute atomic E-state index is 12.2. The molecule has 1 N–H and O–H groups in total. The van der Waals surface area contributed by atoms with Crippen LogP contribution in [0.2, 0.25) is 0 Å². The molecule has 0 fully saturated rings. The van der Waals surface area contributed by atoms with Crippen LogP contribution in [0.1, 0.15) is 10.4 Å². The molecule has 4 rings (SSSR count). The van der Waals surface area contributed by atoms with Gasteiger partial charge in [-0.2, -0.15) is 0 Å². The number of thiophene rings is 1. The molecule has 4 aromatic rings. The lowest BCUT2D eigenvalue weighted by molar-refractivity contribution is -0.118. The molecule has 0 aliphatic heterocycles. The van der Waals surface area contributed by atoms with Crippen LogP contribution in [0, 0.1) is 11.8 Å². The minimum absolute atomic E-state index is 0.0521. The van der Waals surface area contributed by atoms with E-state index in [-0.39, 0.29) is 12.5 Å². The minimum atomic E-state index is -0.212. The Morgan fingerprint density at radius 3 is 2.64 bits per heavy atom. The second kappa shape index (κ2) is 8.43. The van der Waals surface area contributed by atoms with Crippen LogP contribution in [0.3, 0.4) is 0 Å². The zero-order chi connectivity index (χ0) is 19.2. The molecule has 1 amide bonds. The fourth-order valence-electron chi connectivity index (χ4n) is 2.76. The molecular formula is C24H17NO2S. The van der Waals surface area contributed by atoms with E-state index >= 15 is 0 Å². The van der Waals surface area contributed by atoms with E-state index in [9.17, 15) is 4.79 Å². The highest BCUT2D eigenvalue weighted by molar-refractivity contribution is 7.10. The Balaban J connectivity index is 1.37. The van der Waals surface area contributed by atoms with E-state index in [1.807, 2.05) is 84.2 Å². The summed E-state index contributed by atoms with van der Waals surface area (Å²) in [7, 11) is 0. The molecule has 1 aromatic heterocycles. The summed E-state index contributed by atoms with van der Waals surface area (Å²) >= 11 is 1.60. The predicted octanol–water partition coefficient (Wildman–Crippen LogP) is 5.32. The summed E-state index contributed by atoms with van der Waals surface area (Å²) in [5.74, 6) is 6.69. The topological polar surface area (TPSA) is 38.3 Å². The van der Waals surface area contributed by atoms with Crippen molar-refractivity contribution in [3.8, 4) is 17.6 Å². The van der Waals surface area contributed by atoms with Crippen LogP contribution in [0.15, 0.2) is 84.2 Å². The Kier molecular flexibility index (Phi) is 5.37. The molecule has 0 unspecified atom stereocenters. The van der Waals surface area contributed by atoms with Crippen molar-refractivity contribution >= 4 is 33.7 Å². The molecule has 0 bridgehead atoms. The number of benzene rings is 3. The van der Waals surface area contributed by atoms with Gasteiger partial charge in [0.2, 0.25) is 0 Å². The third-order valence-corrected chi connectivity index (χ3v) is 4.87. The van der Waals surface area contributed by atoms with Gasteiger partial charge in [-0.15, -0.1) is 11.3 Å². The summed E-state index contributed by atoms with van der Waals surface area (Å²) in [5.41, 5.74) is 1.55. The fourth-order valence-corrected chi connectivity index (χ4v) is 3.33. The Hall–Kier alpha value is -3.55. The van der Waals surface area contributed by atoms with E-state index in [2.05, 4.69) is 17.2 Å². The highest BCUT2D eigenvalue weighted by Crippen LogP contribution is 2.20. The van der Waals surface area contributed by atoms with Gasteiger partial charge in [-0.05, 0) is 52.6 Å². The first-order chi connectivity index (χ1) is 13.8. The number of hydrogen-bond acceptors (Lipinski definition) is 3. The zero-order valence-electron chi connectivity index (χ0n) is 15.0. The molecule has 3 nitrogen and oxygen atoms in total. The molecule has 1 heterocycles. The van der Waals surface area contributed by atoms with Crippen molar-refractivity contribution in [3.63, 3.8) is 0 Å². The maximum atomic E-state index is 12.2. The van der Waals surface area contributed by atoms with Crippen molar-refractivity contribution in [2.75, 3.05) is 11.9 Å². The van der Waals surface area contributed by atoms with Crippen molar-refractivity contribution in [1.82, 2.24) is 0 Å². The summed E-state index contributed by atoms with van der Waals surface area (Å²) in [5, 5.41) is 7.07. The molecule has 0 saturated carbocycles. The van der Waals surface area contributed by atoms with Gasteiger partial charge in [0.05, 0.1) is 4.88 Å². The average Bonchev–Trinajstić information content (AvgIpc) is 3.25. The number of carbonyl (C=O) groups excluding carboxylic acids is 1. The lowest BCUT2D eigenvalue weighted by Gasteiger charge is -2.08.